The van der Waals surface area contributed by atoms with Gasteiger partial charge in [0.2, 0.25) is 0 Å². The smallest absolute Gasteiger partial charge is 0 e. The van der Waals surface area contributed by atoms with Gasteiger partial charge in [-0.2, -0.15) is 0 Å². The molecule has 0 unspecified atom stereocenters. The van der Waals surface area contributed by atoms with E-state index in [4.69, 9.17) is 15.0 Å². The minimum absolute atomic E-state index is 0. The monoisotopic (exact) mass is 268 g/mol. The molecular formula is CH6CoLi2MnNiO4. The molecule has 0 aromatic carbocycles. The molecule has 4 nitrogen and oxygen atoms in total. The van der Waals surface area contributed by atoms with Gasteiger partial charge in [0, 0.05) is 50.3 Å². The van der Waals surface area contributed by atoms with Crippen LogP contribution in [-0.2, 0) is 50.3 Å². The molecule has 0 amide bonds. The van der Waals surface area contributed by atoms with E-state index < -0.39 is 6.16 Å². The summed E-state index contributed by atoms with van der Waals surface area (Å²) in [5.41, 5.74) is 0. The molecule has 62 valence electrons. The maximum Gasteiger partial charge on any atom is 0 e. The van der Waals surface area contributed by atoms with E-state index in [1.807, 2.05) is 0 Å². The predicted octanol–water partition coefficient (Wildman–Crippen LogP) is -1.91. The van der Waals surface area contributed by atoms with Gasteiger partial charge in [-0.25, -0.2) is 4.79 Å². The zero-order valence-corrected chi connectivity index (χ0v) is 6.54. The van der Waals surface area contributed by atoms with Gasteiger partial charge >= 0.3 is 43.9 Å². The summed E-state index contributed by atoms with van der Waals surface area (Å²) in [6.07, 6.45) is -1.83. The summed E-state index contributed by atoms with van der Waals surface area (Å²) in [6.45, 7) is 0. The molecule has 4 N–H and O–H groups in total. The third-order valence-electron chi connectivity index (χ3n) is 0. The third-order valence-corrected chi connectivity index (χ3v) is 0. The van der Waals surface area contributed by atoms with Crippen molar-refractivity contribution in [3.8, 4) is 0 Å². The summed E-state index contributed by atoms with van der Waals surface area (Å²) < 4.78 is 0. The Morgan fingerprint density at radius 1 is 1.10 bits per heavy atom. The molecule has 0 atom stereocenters. The molecule has 0 aliphatic heterocycles. The molecule has 0 aromatic heterocycles. The van der Waals surface area contributed by atoms with Crippen molar-refractivity contribution >= 4 is 43.9 Å². The van der Waals surface area contributed by atoms with Gasteiger partial charge in [-0.05, 0) is 0 Å². The average molecular weight is 269 g/mol. The second-order valence-corrected chi connectivity index (χ2v) is 0.283. The summed E-state index contributed by atoms with van der Waals surface area (Å²) in [7, 11) is 0. The van der Waals surface area contributed by atoms with Crippen molar-refractivity contribution < 1.29 is 70.8 Å². The fraction of sp³-hybridized carbons (Fsp3) is 0. The van der Waals surface area contributed by atoms with Gasteiger partial charge in [0.1, 0.15) is 0 Å². The van der Waals surface area contributed by atoms with Crippen molar-refractivity contribution in [1.29, 1.82) is 0 Å². The fourth-order valence-electron chi connectivity index (χ4n) is 0. The maximum atomic E-state index is 8.56. The van der Waals surface area contributed by atoms with Crippen LogP contribution in [0.4, 0.5) is 4.79 Å². The molecule has 0 bridgehead atoms. The number of carbonyl (C=O) groups is 1. The molecule has 0 aromatic rings. The Hall–Kier alpha value is 1.94. The number of hydrogen-bond acceptors (Lipinski definition) is 1. The molecule has 0 aliphatic carbocycles. The third kappa shape index (κ3) is 210. The summed E-state index contributed by atoms with van der Waals surface area (Å²) >= 11 is 0. The van der Waals surface area contributed by atoms with Gasteiger partial charge in [0.05, 0.1) is 0 Å². The van der Waals surface area contributed by atoms with Crippen LogP contribution in [0.2, 0.25) is 0 Å². The van der Waals surface area contributed by atoms with Crippen LogP contribution in [0, 0.1) is 0 Å². The first kappa shape index (κ1) is 58.5. The molecule has 0 saturated carbocycles. The largest absolute Gasteiger partial charge is 0 e. The van der Waals surface area contributed by atoms with E-state index in [9.17, 15) is 0 Å². The minimum atomic E-state index is -1.83. The van der Waals surface area contributed by atoms with Crippen molar-refractivity contribution in [2.24, 2.45) is 0 Å². The van der Waals surface area contributed by atoms with Crippen LogP contribution >= 0.6 is 0 Å². The number of rotatable bonds is 0. The summed E-state index contributed by atoms with van der Waals surface area (Å²) in [5, 5.41) is 13.9. The Morgan fingerprint density at radius 3 is 1.10 bits per heavy atom. The van der Waals surface area contributed by atoms with Crippen LogP contribution in [0.15, 0.2) is 0 Å². The van der Waals surface area contributed by atoms with Crippen LogP contribution in [0.1, 0.15) is 0 Å². The fourth-order valence-corrected chi connectivity index (χ4v) is 0. The molecule has 0 heterocycles. The summed E-state index contributed by atoms with van der Waals surface area (Å²) in [5.74, 6) is 0. The van der Waals surface area contributed by atoms with Crippen molar-refractivity contribution in [3.63, 3.8) is 0 Å². The molecule has 0 saturated heterocycles. The van der Waals surface area contributed by atoms with Crippen molar-refractivity contribution in [2.75, 3.05) is 0 Å². The van der Waals surface area contributed by atoms with E-state index in [0.29, 0.717) is 0 Å². The normalized spacial score (nSPS) is 2.40. The predicted molar refractivity (Wildman–Crippen MR) is 28.6 cm³/mol. The molecule has 0 fully saturated rings. The molecular weight excluding hydrogens is 262 g/mol. The topological polar surface area (TPSA) is 89.0 Å². The first-order valence-corrected chi connectivity index (χ1v) is 0.651. The summed E-state index contributed by atoms with van der Waals surface area (Å²) in [6, 6.07) is 0. The summed E-state index contributed by atoms with van der Waals surface area (Å²) in [4.78, 5) is 8.56. The second-order valence-electron chi connectivity index (χ2n) is 0.283. The van der Waals surface area contributed by atoms with Gasteiger partial charge in [-0.3, -0.25) is 0 Å². The quantitative estimate of drug-likeness (QED) is 0.503. The van der Waals surface area contributed by atoms with Crippen LogP contribution in [0.5, 0.6) is 0 Å². The van der Waals surface area contributed by atoms with E-state index in [-0.39, 0.29) is 93.5 Å². The van der Waals surface area contributed by atoms with Crippen LogP contribution < -0.4 is 0 Å². The maximum absolute atomic E-state index is 8.56. The van der Waals surface area contributed by atoms with E-state index >= 15 is 0 Å². The zero-order valence-electron chi connectivity index (χ0n) is 3.33. The van der Waals surface area contributed by atoms with Crippen molar-refractivity contribution in [3.05, 3.63) is 0 Å². The first-order valence-electron chi connectivity index (χ1n) is 0.651. The number of hydrogen-bond donors (Lipinski definition) is 2. The molecule has 0 spiro atoms. The first-order chi connectivity index (χ1) is 1.73. The van der Waals surface area contributed by atoms with Gasteiger partial charge in [0.15, 0.2) is 0 Å². The molecule has 2 radical (unpaired) electrons. The molecule has 0 rings (SSSR count). The van der Waals surface area contributed by atoms with Crippen LogP contribution in [-0.4, -0.2) is 59.6 Å². The van der Waals surface area contributed by atoms with Crippen LogP contribution in [0.3, 0.4) is 0 Å². The van der Waals surface area contributed by atoms with Gasteiger partial charge in [-0.15, -0.1) is 0 Å². The van der Waals surface area contributed by atoms with Gasteiger partial charge in [0.25, 0.3) is 0 Å². The van der Waals surface area contributed by atoms with Crippen molar-refractivity contribution in [1.82, 2.24) is 0 Å². The van der Waals surface area contributed by atoms with Gasteiger partial charge < -0.3 is 15.7 Å². The Bertz CT molecular complexity index is 46.2. The minimum Gasteiger partial charge on any atom is 0 e. The van der Waals surface area contributed by atoms with E-state index in [2.05, 4.69) is 0 Å². The van der Waals surface area contributed by atoms with Crippen LogP contribution in [0.25, 0.3) is 0 Å². The molecule has 10 heavy (non-hydrogen) atoms. The Kier molecular flexibility index (Phi) is 259. The van der Waals surface area contributed by atoms with E-state index in [1.165, 1.54) is 0 Å². The van der Waals surface area contributed by atoms with E-state index in [1.54, 1.807) is 0 Å². The standard InChI is InChI=1S/CH2O3.Co.2Li.Mn.Ni.H2O.2H/c2-1(3)4;;;;;;;;/h(H2,2,3,4);;;;;;1H2;;. The molecule has 0 aliphatic rings. The zero-order chi connectivity index (χ0) is 3.58. The number of carboxylic acid groups (broad SMARTS) is 2. The SMILES string of the molecule is O.O=C(O)O.[Co].[LiH].[LiH].[Mn].[Ni]. The Labute approximate surface area is 114 Å². The Balaban J connectivity index is -0.00000000300. The van der Waals surface area contributed by atoms with E-state index in [0.717, 1.165) is 0 Å². The van der Waals surface area contributed by atoms with Gasteiger partial charge in [-0.1, -0.05) is 0 Å². The molecule has 9 heteroatoms. The van der Waals surface area contributed by atoms with Crippen molar-refractivity contribution in [2.45, 2.75) is 0 Å². The second kappa shape index (κ2) is 44.3. The average Bonchev–Trinajstić information content (AvgIpc) is 0.811. The Morgan fingerprint density at radius 2 is 1.10 bits per heavy atom.